The largest absolute Gasteiger partial charge is 0.350 e. The highest BCUT2D eigenvalue weighted by Crippen LogP contribution is 2.30. The zero-order valence-corrected chi connectivity index (χ0v) is 21.9. The van der Waals surface area contributed by atoms with Gasteiger partial charge in [0.2, 0.25) is 11.8 Å². The van der Waals surface area contributed by atoms with Crippen molar-refractivity contribution in [3.05, 3.63) is 64.1 Å². The molecular weight excluding hydrogens is 522 g/mol. The fourth-order valence-corrected chi connectivity index (χ4v) is 5.47. The lowest BCUT2D eigenvalue weighted by Crippen LogP contribution is -2.52. The lowest BCUT2D eigenvalue weighted by atomic mass is 10.1. The Morgan fingerprint density at radius 2 is 1.71 bits per heavy atom. The number of fused-ring (bicyclic) bond motifs is 1. The van der Waals surface area contributed by atoms with Crippen molar-refractivity contribution in [2.75, 3.05) is 6.54 Å². The Morgan fingerprint density at radius 3 is 2.29 bits per heavy atom. The van der Waals surface area contributed by atoms with Crippen LogP contribution in [0.5, 0.6) is 0 Å². The maximum atomic E-state index is 13.3. The highest BCUT2D eigenvalue weighted by Gasteiger charge is 2.41. The third-order valence-electron chi connectivity index (χ3n) is 5.37. The molecule has 10 heteroatoms. The van der Waals surface area contributed by atoms with Crippen LogP contribution in [0.3, 0.4) is 0 Å². The van der Waals surface area contributed by atoms with Crippen LogP contribution in [0.15, 0.2) is 57.9 Å². The number of carbonyl (C=O) groups excluding carboxylic acids is 3. The summed E-state index contributed by atoms with van der Waals surface area (Å²) >= 11 is 3.38. The van der Waals surface area contributed by atoms with Crippen molar-refractivity contribution in [1.82, 2.24) is 14.5 Å². The number of nitrogens with one attached hydrogen (secondary N) is 1. The number of carbonyl (C=O) groups is 3. The molecule has 1 aliphatic rings. The fourth-order valence-electron chi connectivity index (χ4n) is 3.64. The Morgan fingerprint density at radius 1 is 1.09 bits per heavy atom. The van der Waals surface area contributed by atoms with Gasteiger partial charge in [0.1, 0.15) is 10.9 Å². The van der Waals surface area contributed by atoms with Gasteiger partial charge in [-0.15, -0.1) is 0 Å². The predicted octanol–water partition coefficient (Wildman–Crippen LogP) is 3.32. The number of hydrogen-bond donors (Lipinski definition) is 1. The van der Waals surface area contributed by atoms with Crippen LogP contribution in [0.1, 0.15) is 50.0 Å². The van der Waals surface area contributed by atoms with Crippen LogP contribution < -0.4 is 5.32 Å². The summed E-state index contributed by atoms with van der Waals surface area (Å²) in [7, 11) is -4.01. The summed E-state index contributed by atoms with van der Waals surface area (Å²) in [4.78, 5) is 40.1. The van der Waals surface area contributed by atoms with E-state index >= 15 is 0 Å². The number of benzene rings is 2. The van der Waals surface area contributed by atoms with Gasteiger partial charge in [0.25, 0.3) is 15.9 Å². The molecule has 2 aromatic rings. The molecule has 0 unspecified atom stereocenters. The second kappa shape index (κ2) is 9.87. The van der Waals surface area contributed by atoms with E-state index in [1.807, 2.05) is 45.0 Å². The summed E-state index contributed by atoms with van der Waals surface area (Å²) in [6, 6.07) is 12.5. The first-order valence-electron chi connectivity index (χ1n) is 10.8. The molecule has 3 amide bonds. The number of halogens is 1. The molecule has 0 saturated heterocycles. The van der Waals surface area contributed by atoms with E-state index < -0.39 is 33.4 Å². The van der Waals surface area contributed by atoms with Crippen LogP contribution >= 0.6 is 15.9 Å². The van der Waals surface area contributed by atoms with Gasteiger partial charge in [0.15, 0.2) is 0 Å². The standard InChI is InChI=1S/C24H28BrN3O5S/c1-16(22(30)26-24(2,3)4)27(15-17-9-11-18(25)12-10-17)21(29)13-14-28-23(31)19-7-5-6-8-20(19)34(28,32)33/h5-12,16H,13-15H2,1-4H3,(H,26,30)/t16-/m1/s1. The smallest absolute Gasteiger partial charge is 0.269 e. The minimum absolute atomic E-state index is 0.0582. The van der Waals surface area contributed by atoms with E-state index in [0.29, 0.717) is 0 Å². The fraction of sp³-hybridized carbons (Fsp3) is 0.375. The van der Waals surface area contributed by atoms with Crippen LogP contribution in [0, 0.1) is 0 Å². The summed E-state index contributed by atoms with van der Waals surface area (Å²) in [5, 5.41) is 2.88. The molecule has 182 valence electrons. The van der Waals surface area contributed by atoms with Crippen LogP contribution in [0.25, 0.3) is 0 Å². The van der Waals surface area contributed by atoms with Gasteiger partial charge in [-0.3, -0.25) is 14.4 Å². The van der Waals surface area contributed by atoms with Gasteiger partial charge in [-0.05, 0) is 57.5 Å². The van der Waals surface area contributed by atoms with Gasteiger partial charge in [-0.25, -0.2) is 12.7 Å². The number of rotatable bonds is 7. The van der Waals surface area contributed by atoms with E-state index in [1.54, 1.807) is 19.1 Å². The molecule has 0 aliphatic carbocycles. The Bertz CT molecular complexity index is 1210. The molecule has 0 spiro atoms. The van der Waals surface area contributed by atoms with Crippen molar-refractivity contribution in [2.24, 2.45) is 0 Å². The molecular formula is C24H28BrN3O5S. The van der Waals surface area contributed by atoms with E-state index in [1.165, 1.54) is 17.0 Å². The number of nitrogens with zero attached hydrogens (tertiary/aromatic N) is 2. The topological polar surface area (TPSA) is 104 Å². The first kappa shape index (κ1) is 25.9. The Hall–Kier alpha value is -2.72. The second-order valence-corrected chi connectivity index (χ2v) is 11.9. The van der Waals surface area contributed by atoms with Gasteiger partial charge in [0.05, 0.1) is 5.56 Å². The molecule has 2 aromatic carbocycles. The number of hydrogen-bond acceptors (Lipinski definition) is 5. The zero-order chi connectivity index (χ0) is 25.3. The van der Waals surface area contributed by atoms with E-state index in [2.05, 4.69) is 21.2 Å². The van der Waals surface area contributed by atoms with Crippen LogP contribution in [-0.2, 0) is 26.2 Å². The van der Waals surface area contributed by atoms with Crippen LogP contribution in [0.2, 0.25) is 0 Å². The molecule has 34 heavy (non-hydrogen) atoms. The monoisotopic (exact) mass is 549 g/mol. The van der Waals surface area contributed by atoms with Gasteiger partial charge in [0, 0.05) is 29.5 Å². The summed E-state index contributed by atoms with van der Waals surface area (Å²) in [6.07, 6.45) is -0.247. The average molecular weight is 550 g/mol. The van der Waals surface area contributed by atoms with Crippen LogP contribution in [-0.4, -0.2) is 53.5 Å². The highest BCUT2D eigenvalue weighted by molar-refractivity contribution is 9.10. The average Bonchev–Trinajstić information content (AvgIpc) is 2.95. The number of amides is 3. The van der Waals surface area contributed by atoms with Gasteiger partial charge < -0.3 is 10.2 Å². The van der Waals surface area contributed by atoms with Gasteiger partial charge >= 0.3 is 0 Å². The van der Waals surface area contributed by atoms with Crippen LogP contribution in [0.4, 0.5) is 0 Å². The van der Waals surface area contributed by atoms with Crippen molar-refractivity contribution >= 4 is 43.7 Å². The first-order valence-corrected chi connectivity index (χ1v) is 13.1. The number of sulfonamides is 1. The van der Waals surface area contributed by atoms with E-state index in [9.17, 15) is 22.8 Å². The summed E-state index contributed by atoms with van der Waals surface area (Å²) in [5.41, 5.74) is 0.420. The first-order chi connectivity index (χ1) is 15.8. The van der Waals surface area contributed by atoms with E-state index in [-0.39, 0.29) is 35.9 Å². The molecule has 1 aliphatic heterocycles. The lowest BCUT2D eigenvalue weighted by molar-refractivity contribution is -0.141. The molecule has 3 rings (SSSR count). The van der Waals surface area contributed by atoms with E-state index in [4.69, 9.17) is 0 Å². The summed E-state index contributed by atoms with van der Waals surface area (Å²) in [5.74, 6) is -1.41. The van der Waals surface area contributed by atoms with Gasteiger partial charge in [-0.2, -0.15) is 0 Å². The highest BCUT2D eigenvalue weighted by atomic mass is 79.9. The maximum Gasteiger partial charge on any atom is 0.269 e. The molecule has 1 atom stereocenters. The SMILES string of the molecule is C[C@H](C(=O)NC(C)(C)C)N(Cc1ccc(Br)cc1)C(=O)CCN1C(=O)c2ccccc2S1(=O)=O. The van der Waals surface area contributed by atoms with Crippen molar-refractivity contribution in [3.8, 4) is 0 Å². The molecule has 0 saturated carbocycles. The Kier molecular flexibility index (Phi) is 7.52. The van der Waals surface area contributed by atoms with Crippen molar-refractivity contribution < 1.29 is 22.8 Å². The Labute approximate surface area is 208 Å². The predicted molar refractivity (Wildman–Crippen MR) is 131 cm³/mol. The molecule has 0 fully saturated rings. The minimum atomic E-state index is -4.01. The van der Waals surface area contributed by atoms with E-state index in [0.717, 1.165) is 14.3 Å². The van der Waals surface area contributed by atoms with Crippen molar-refractivity contribution in [1.29, 1.82) is 0 Å². The minimum Gasteiger partial charge on any atom is -0.350 e. The molecule has 8 nitrogen and oxygen atoms in total. The normalized spacial score (nSPS) is 15.6. The lowest BCUT2D eigenvalue weighted by Gasteiger charge is -2.32. The summed E-state index contributed by atoms with van der Waals surface area (Å²) in [6.45, 7) is 7.02. The molecule has 1 N–H and O–H groups in total. The third kappa shape index (κ3) is 5.67. The quantitative estimate of drug-likeness (QED) is 0.570. The second-order valence-electron chi connectivity index (χ2n) is 9.19. The molecule has 0 radical (unpaired) electrons. The van der Waals surface area contributed by atoms with Gasteiger partial charge in [-0.1, -0.05) is 40.2 Å². The maximum absolute atomic E-state index is 13.3. The summed E-state index contributed by atoms with van der Waals surface area (Å²) < 4.78 is 27.2. The molecule has 1 heterocycles. The zero-order valence-electron chi connectivity index (χ0n) is 19.5. The Balaban J connectivity index is 1.80. The third-order valence-corrected chi connectivity index (χ3v) is 7.74. The molecule has 0 aromatic heterocycles. The molecule has 0 bridgehead atoms. The van der Waals surface area contributed by atoms with Crippen molar-refractivity contribution in [2.45, 2.75) is 57.1 Å². The van der Waals surface area contributed by atoms with Crippen molar-refractivity contribution in [3.63, 3.8) is 0 Å².